The van der Waals surface area contributed by atoms with Gasteiger partial charge in [-0.1, -0.05) is 13.8 Å². The Morgan fingerprint density at radius 3 is 2.67 bits per heavy atom. The van der Waals surface area contributed by atoms with Crippen LogP contribution in [0.25, 0.3) is 0 Å². The molecule has 15 heavy (non-hydrogen) atoms. The summed E-state index contributed by atoms with van der Waals surface area (Å²) in [5.74, 6) is -0.628. The van der Waals surface area contributed by atoms with Gasteiger partial charge in [-0.05, 0) is 44.1 Å². The van der Waals surface area contributed by atoms with Crippen molar-refractivity contribution in [2.45, 2.75) is 58.0 Å². The fourth-order valence-electron chi connectivity index (χ4n) is 3.17. The third kappa shape index (κ3) is 2.17. The Kier molecular flexibility index (Phi) is 2.75. The Balaban J connectivity index is 2.02. The van der Waals surface area contributed by atoms with Crippen LogP contribution in [0.5, 0.6) is 0 Å². The molecule has 0 amide bonds. The van der Waals surface area contributed by atoms with Gasteiger partial charge in [0.1, 0.15) is 6.04 Å². The summed E-state index contributed by atoms with van der Waals surface area (Å²) in [6, 6.07) is 0.312. The summed E-state index contributed by atoms with van der Waals surface area (Å²) in [4.78, 5) is 13.3. The minimum Gasteiger partial charge on any atom is -0.480 e. The fraction of sp³-hybridized carbons (Fsp3) is 0.917. The summed E-state index contributed by atoms with van der Waals surface area (Å²) in [7, 11) is 0. The molecular formula is C12H21NO2. The molecule has 0 aromatic heterocycles. The predicted molar refractivity (Wildman–Crippen MR) is 58.8 cm³/mol. The number of carboxylic acids is 1. The Morgan fingerprint density at radius 1 is 1.40 bits per heavy atom. The van der Waals surface area contributed by atoms with Gasteiger partial charge in [-0.25, -0.2) is 0 Å². The molecule has 2 unspecified atom stereocenters. The minimum atomic E-state index is -0.628. The van der Waals surface area contributed by atoms with Crippen LogP contribution in [-0.4, -0.2) is 34.6 Å². The van der Waals surface area contributed by atoms with E-state index in [1.165, 1.54) is 12.8 Å². The van der Waals surface area contributed by atoms with Crippen LogP contribution in [0.2, 0.25) is 0 Å². The first-order valence-corrected chi connectivity index (χ1v) is 5.98. The van der Waals surface area contributed by atoms with E-state index in [-0.39, 0.29) is 6.04 Å². The van der Waals surface area contributed by atoms with Gasteiger partial charge in [0, 0.05) is 6.04 Å². The van der Waals surface area contributed by atoms with Crippen molar-refractivity contribution < 1.29 is 9.90 Å². The Labute approximate surface area is 91.5 Å². The van der Waals surface area contributed by atoms with Crippen LogP contribution in [0, 0.1) is 5.41 Å². The van der Waals surface area contributed by atoms with Crippen LogP contribution in [-0.2, 0) is 4.79 Å². The van der Waals surface area contributed by atoms with Crippen LogP contribution >= 0.6 is 0 Å². The van der Waals surface area contributed by atoms with Gasteiger partial charge in [0.25, 0.3) is 0 Å². The molecule has 0 bridgehead atoms. The van der Waals surface area contributed by atoms with Crippen LogP contribution in [0.3, 0.4) is 0 Å². The van der Waals surface area contributed by atoms with Gasteiger partial charge in [0.15, 0.2) is 0 Å². The van der Waals surface area contributed by atoms with Gasteiger partial charge in [-0.2, -0.15) is 0 Å². The van der Waals surface area contributed by atoms with Gasteiger partial charge < -0.3 is 5.11 Å². The minimum absolute atomic E-state index is 0.205. The molecule has 0 aromatic rings. The van der Waals surface area contributed by atoms with Crippen molar-refractivity contribution in [2.75, 3.05) is 6.54 Å². The van der Waals surface area contributed by atoms with Crippen molar-refractivity contribution >= 4 is 5.97 Å². The van der Waals surface area contributed by atoms with Gasteiger partial charge in [0.2, 0.25) is 0 Å². The molecule has 0 aromatic carbocycles. The lowest BCUT2D eigenvalue weighted by Crippen LogP contribution is -2.42. The molecule has 1 saturated carbocycles. The average Bonchev–Trinajstić information content (AvgIpc) is 2.69. The maximum atomic E-state index is 11.1. The van der Waals surface area contributed by atoms with Crippen molar-refractivity contribution in [1.29, 1.82) is 0 Å². The molecule has 2 rings (SSSR count). The molecule has 1 aliphatic carbocycles. The molecular weight excluding hydrogens is 190 g/mol. The maximum absolute atomic E-state index is 11.1. The number of hydrogen-bond donors (Lipinski definition) is 1. The number of nitrogens with zero attached hydrogens (tertiary/aromatic N) is 1. The van der Waals surface area contributed by atoms with Crippen LogP contribution < -0.4 is 0 Å². The highest BCUT2D eigenvalue weighted by Crippen LogP contribution is 2.41. The number of rotatable bonds is 2. The van der Waals surface area contributed by atoms with Crippen LogP contribution in [0.1, 0.15) is 46.0 Å². The number of carbonyl (C=O) groups is 1. The molecule has 1 aliphatic heterocycles. The number of hydrogen-bond acceptors (Lipinski definition) is 2. The van der Waals surface area contributed by atoms with E-state index in [2.05, 4.69) is 18.7 Å². The van der Waals surface area contributed by atoms with Crippen molar-refractivity contribution in [3.8, 4) is 0 Å². The van der Waals surface area contributed by atoms with E-state index in [1.54, 1.807) is 0 Å². The van der Waals surface area contributed by atoms with Gasteiger partial charge >= 0.3 is 5.97 Å². The van der Waals surface area contributed by atoms with Crippen molar-refractivity contribution in [1.82, 2.24) is 4.90 Å². The first-order chi connectivity index (χ1) is 6.99. The van der Waals surface area contributed by atoms with Crippen LogP contribution in [0.4, 0.5) is 0 Å². The molecule has 2 fully saturated rings. The maximum Gasteiger partial charge on any atom is 0.320 e. The highest BCUT2D eigenvalue weighted by atomic mass is 16.4. The third-order valence-corrected chi connectivity index (χ3v) is 3.99. The van der Waals surface area contributed by atoms with E-state index in [0.717, 1.165) is 25.8 Å². The zero-order chi connectivity index (χ0) is 11.1. The standard InChI is InChI=1S/C12H21NO2/c1-12(2)6-5-9(8-12)13-7-3-4-10(13)11(14)15/h9-10H,3-8H2,1-2H3,(H,14,15). The lowest BCUT2D eigenvalue weighted by atomic mass is 9.91. The summed E-state index contributed by atoms with van der Waals surface area (Å²) >= 11 is 0. The molecule has 3 heteroatoms. The van der Waals surface area contributed by atoms with E-state index >= 15 is 0 Å². The zero-order valence-electron chi connectivity index (χ0n) is 9.70. The SMILES string of the molecule is CC1(C)CCC(N2CCCC2C(=O)O)C1. The summed E-state index contributed by atoms with van der Waals surface area (Å²) < 4.78 is 0. The van der Waals surface area contributed by atoms with Gasteiger partial charge in [-0.3, -0.25) is 9.69 Å². The summed E-state index contributed by atoms with van der Waals surface area (Å²) in [6.45, 7) is 5.56. The molecule has 86 valence electrons. The van der Waals surface area contributed by atoms with Gasteiger partial charge in [0.05, 0.1) is 0 Å². The lowest BCUT2D eigenvalue weighted by Gasteiger charge is -2.29. The van der Waals surface area contributed by atoms with E-state index in [0.29, 0.717) is 11.5 Å². The number of carboxylic acid groups (broad SMARTS) is 1. The zero-order valence-corrected chi connectivity index (χ0v) is 9.70. The molecule has 3 nitrogen and oxygen atoms in total. The lowest BCUT2D eigenvalue weighted by molar-refractivity contribution is -0.143. The Hall–Kier alpha value is -0.570. The molecule has 2 aliphatic rings. The summed E-state index contributed by atoms with van der Waals surface area (Å²) in [5.41, 5.74) is 0.413. The average molecular weight is 211 g/mol. The molecule has 1 N–H and O–H groups in total. The smallest absolute Gasteiger partial charge is 0.320 e. The highest BCUT2D eigenvalue weighted by Gasteiger charge is 2.40. The first-order valence-electron chi connectivity index (χ1n) is 5.98. The van der Waals surface area contributed by atoms with Crippen molar-refractivity contribution in [3.63, 3.8) is 0 Å². The monoisotopic (exact) mass is 211 g/mol. The van der Waals surface area contributed by atoms with Crippen molar-refractivity contribution in [3.05, 3.63) is 0 Å². The first kappa shape index (κ1) is 10.9. The quantitative estimate of drug-likeness (QED) is 0.760. The second-order valence-corrected chi connectivity index (χ2v) is 5.79. The van der Waals surface area contributed by atoms with E-state index < -0.39 is 5.97 Å². The molecule has 1 saturated heterocycles. The normalized spacial score (nSPS) is 35.9. The second kappa shape index (κ2) is 3.78. The molecule has 2 atom stereocenters. The van der Waals surface area contributed by atoms with Crippen molar-refractivity contribution in [2.24, 2.45) is 5.41 Å². The Bertz CT molecular complexity index is 262. The number of aliphatic carboxylic acids is 1. The fourth-order valence-corrected chi connectivity index (χ4v) is 3.17. The molecule has 0 spiro atoms. The summed E-state index contributed by atoms with van der Waals surface area (Å²) in [5, 5.41) is 9.13. The van der Waals surface area contributed by atoms with Gasteiger partial charge in [-0.15, -0.1) is 0 Å². The van der Waals surface area contributed by atoms with Crippen LogP contribution in [0.15, 0.2) is 0 Å². The van der Waals surface area contributed by atoms with E-state index in [1.807, 2.05) is 0 Å². The topological polar surface area (TPSA) is 40.5 Å². The largest absolute Gasteiger partial charge is 0.480 e. The third-order valence-electron chi connectivity index (χ3n) is 3.99. The molecule has 0 radical (unpaired) electrons. The summed E-state index contributed by atoms with van der Waals surface area (Å²) in [6.07, 6.45) is 5.47. The second-order valence-electron chi connectivity index (χ2n) is 5.79. The Morgan fingerprint density at radius 2 is 2.13 bits per heavy atom. The van der Waals surface area contributed by atoms with E-state index in [9.17, 15) is 4.79 Å². The number of likely N-dealkylation sites (tertiary alicyclic amines) is 1. The highest BCUT2D eigenvalue weighted by molar-refractivity contribution is 5.73. The van der Waals surface area contributed by atoms with E-state index in [4.69, 9.17) is 5.11 Å². The predicted octanol–water partition coefficient (Wildman–Crippen LogP) is 2.11. The molecule has 1 heterocycles.